The predicted octanol–water partition coefficient (Wildman–Crippen LogP) is 0.748. The van der Waals surface area contributed by atoms with Gasteiger partial charge in [0.05, 0.1) is 12.1 Å². The van der Waals surface area contributed by atoms with E-state index in [2.05, 4.69) is 5.32 Å². The van der Waals surface area contributed by atoms with Crippen molar-refractivity contribution in [2.75, 3.05) is 19.6 Å². The van der Waals surface area contributed by atoms with Crippen LogP contribution in [0.1, 0.15) is 39.0 Å². The minimum atomic E-state index is -0.394. The Morgan fingerprint density at radius 1 is 1.41 bits per heavy atom. The third-order valence-electron chi connectivity index (χ3n) is 4.10. The molecule has 0 bridgehead atoms. The highest BCUT2D eigenvalue weighted by atomic mass is 16.3. The summed E-state index contributed by atoms with van der Waals surface area (Å²) >= 11 is 0. The van der Waals surface area contributed by atoms with Gasteiger partial charge in [-0.3, -0.25) is 4.79 Å². The quantitative estimate of drug-likeness (QED) is 0.765. The Labute approximate surface area is 103 Å². The normalized spacial score (nSPS) is 28.4. The molecule has 2 saturated heterocycles. The van der Waals surface area contributed by atoms with Crippen LogP contribution in [-0.4, -0.2) is 47.7 Å². The van der Waals surface area contributed by atoms with Crippen molar-refractivity contribution in [2.24, 2.45) is 5.92 Å². The summed E-state index contributed by atoms with van der Waals surface area (Å²) in [6.07, 6.45) is 4.49. The molecule has 0 aromatic heterocycles. The number of hydrogen-bond donors (Lipinski definition) is 2. The second-order valence-electron chi connectivity index (χ2n) is 5.43. The number of carbonyl (C=O) groups is 1. The number of carbonyl (C=O) groups excluding carboxylic acids is 1. The highest BCUT2D eigenvalue weighted by molar-refractivity contribution is 5.77. The van der Waals surface area contributed by atoms with Gasteiger partial charge in [0.15, 0.2) is 0 Å². The van der Waals surface area contributed by atoms with Gasteiger partial charge in [0.1, 0.15) is 0 Å². The van der Waals surface area contributed by atoms with Crippen LogP contribution in [0.15, 0.2) is 0 Å². The number of piperidine rings is 1. The van der Waals surface area contributed by atoms with Crippen LogP contribution in [0.2, 0.25) is 0 Å². The summed E-state index contributed by atoms with van der Waals surface area (Å²) in [5.74, 6) is 0.791. The number of aliphatic hydroxyl groups excluding tert-OH is 1. The Bertz CT molecular complexity index is 262. The maximum absolute atomic E-state index is 12.2. The van der Waals surface area contributed by atoms with E-state index in [1.165, 1.54) is 0 Å². The zero-order valence-electron chi connectivity index (χ0n) is 10.7. The largest absolute Gasteiger partial charge is 0.391 e. The number of aliphatic hydroxyl groups is 1. The van der Waals surface area contributed by atoms with Crippen molar-refractivity contribution in [1.29, 1.82) is 0 Å². The van der Waals surface area contributed by atoms with Crippen molar-refractivity contribution in [3.63, 3.8) is 0 Å². The lowest BCUT2D eigenvalue weighted by atomic mass is 9.94. The van der Waals surface area contributed by atoms with E-state index >= 15 is 0 Å². The Balaban J connectivity index is 1.86. The Morgan fingerprint density at radius 2 is 2.12 bits per heavy atom. The van der Waals surface area contributed by atoms with Crippen LogP contribution in [0.3, 0.4) is 0 Å². The van der Waals surface area contributed by atoms with E-state index in [4.69, 9.17) is 0 Å². The molecule has 17 heavy (non-hydrogen) atoms. The molecule has 0 saturated carbocycles. The molecular weight excluding hydrogens is 216 g/mol. The van der Waals surface area contributed by atoms with E-state index in [9.17, 15) is 9.90 Å². The number of nitrogens with one attached hydrogen (secondary N) is 1. The highest BCUT2D eigenvalue weighted by Gasteiger charge is 2.32. The van der Waals surface area contributed by atoms with Crippen molar-refractivity contribution in [2.45, 2.75) is 51.2 Å². The monoisotopic (exact) mass is 240 g/mol. The first-order valence-corrected chi connectivity index (χ1v) is 6.86. The fraction of sp³-hybridized carbons (Fsp3) is 0.923. The number of nitrogens with zero attached hydrogens (tertiary/aromatic N) is 1. The first kappa shape index (κ1) is 12.8. The van der Waals surface area contributed by atoms with Gasteiger partial charge in [-0.1, -0.05) is 0 Å². The summed E-state index contributed by atoms with van der Waals surface area (Å²) in [4.78, 5) is 14.1. The first-order valence-electron chi connectivity index (χ1n) is 6.86. The van der Waals surface area contributed by atoms with Gasteiger partial charge in [-0.05, 0) is 51.6 Å². The summed E-state index contributed by atoms with van der Waals surface area (Å²) in [7, 11) is 0. The van der Waals surface area contributed by atoms with Gasteiger partial charge in [-0.15, -0.1) is 0 Å². The van der Waals surface area contributed by atoms with Crippen molar-refractivity contribution < 1.29 is 9.90 Å². The third kappa shape index (κ3) is 3.19. The van der Waals surface area contributed by atoms with Gasteiger partial charge in [-0.2, -0.15) is 0 Å². The molecule has 4 heteroatoms. The second kappa shape index (κ2) is 5.83. The molecular formula is C13H24N2O2. The Morgan fingerprint density at radius 3 is 2.76 bits per heavy atom. The predicted molar refractivity (Wildman–Crippen MR) is 66.6 cm³/mol. The number of hydrogen-bond acceptors (Lipinski definition) is 3. The lowest BCUT2D eigenvalue weighted by molar-refractivity contribution is -0.135. The second-order valence-corrected chi connectivity index (χ2v) is 5.43. The number of likely N-dealkylation sites (tertiary alicyclic amines) is 1. The molecule has 0 aromatic rings. The molecule has 2 aliphatic rings. The standard InChI is InChI=1S/C13H24N2O2/c1-10(16)12-3-2-8-15(12)13(17)9-11-4-6-14-7-5-11/h10-12,14,16H,2-9H2,1H3/t10-,12-/m0/s1. The SMILES string of the molecule is C[C@H](O)[C@@H]1CCCN1C(=O)CC1CCNCC1. The molecule has 2 heterocycles. The highest BCUT2D eigenvalue weighted by Crippen LogP contribution is 2.24. The Kier molecular flexibility index (Phi) is 4.40. The van der Waals surface area contributed by atoms with Crippen LogP contribution in [0, 0.1) is 5.92 Å². The van der Waals surface area contributed by atoms with E-state index in [1.54, 1.807) is 6.92 Å². The third-order valence-corrected chi connectivity index (χ3v) is 4.10. The van der Waals surface area contributed by atoms with E-state index < -0.39 is 6.10 Å². The molecule has 0 aliphatic carbocycles. The van der Waals surface area contributed by atoms with Crippen molar-refractivity contribution in [1.82, 2.24) is 10.2 Å². The molecule has 98 valence electrons. The van der Waals surface area contributed by atoms with Gasteiger partial charge in [-0.25, -0.2) is 0 Å². The minimum absolute atomic E-state index is 0.0595. The molecule has 2 atom stereocenters. The molecule has 0 spiro atoms. The lowest BCUT2D eigenvalue weighted by Gasteiger charge is -2.29. The molecule has 1 amide bonds. The smallest absolute Gasteiger partial charge is 0.223 e. The van der Waals surface area contributed by atoms with Gasteiger partial charge >= 0.3 is 0 Å². The van der Waals surface area contributed by atoms with Crippen LogP contribution in [0.25, 0.3) is 0 Å². The minimum Gasteiger partial charge on any atom is -0.391 e. The zero-order chi connectivity index (χ0) is 12.3. The van der Waals surface area contributed by atoms with Crippen molar-refractivity contribution in [3.8, 4) is 0 Å². The zero-order valence-corrected chi connectivity index (χ0v) is 10.7. The van der Waals surface area contributed by atoms with E-state index in [0.717, 1.165) is 45.3 Å². The maximum Gasteiger partial charge on any atom is 0.223 e. The molecule has 2 aliphatic heterocycles. The molecule has 0 unspecified atom stereocenters. The lowest BCUT2D eigenvalue weighted by Crippen LogP contribution is -2.42. The van der Waals surface area contributed by atoms with E-state index in [-0.39, 0.29) is 11.9 Å². The topological polar surface area (TPSA) is 52.6 Å². The average molecular weight is 240 g/mol. The summed E-state index contributed by atoms with van der Waals surface area (Å²) in [5.41, 5.74) is 0. The number of rotatable bonds is 3. The van der Waals surface area contributed by atoms with Gasteiger partial charge in [0.25, 0.3) is 0 Å². The summed E-state index contributed by atoms with van der Waals surface area (Å²) in [6.45, 7) is 4.70. The molecule has 0 radical (unpaired) electrons. The average Bonchev–Trinajstić information content (AvgIpc) is 2.79. The van der Waals surface area contributed by atoms with Crippen LogP contribution < -0.4 is 5.32 Å². The fourth-order valence-electron chi connectivity index (χ4n) is 3.05. The first-order chi connectivity index (χ1) is 8.18. The molecule has 0 aromatic carbocycles. The van der Waals surface area contributed by atoms with Crippen LogP contribution in [-0.2, 0) is 4.79 Å². The fourth-order valence-corrected chi connectivity index (χ4v) is 3.05. The van der Waals surface area contributed by atoms with Gasteiger partial charge in [0, 0.05) is 13.0 Å². The van der Waals surface area contributed by atoms with E-state index in [1.807, 2.05) is 4.90 Å². The van der Waals surface area contributed by atoms with Crippen LogP contribution >= 0.6 is 0 Å². The van der Waals surface area contributed by atoms with Crippen LogP contribution in [0.5, 0.6) is 0 Å². The van der Waals surface area contributed by atoms with E-state index in [0.29, 0.717) is 12.3 Å². The maximum atomic E-state index is 12.2. The number of amides is 1. The van der Waals surface area contributed by atoms with Crippen LogP contribution in [0.4, 0.5) is 0 Å². The van der Waals surface area contributed by atoms with Gasteiger partial charge in [0.2, 0.25) is 5.91 Å². The molecule has 4 nitrogen and oxygen atoms in total. The summed E-state index contributed by atoms with van der Waals surface area (Å²) < 4.78 is 0. The Hall–Kier alpha value is -0.610. The molecule has 2 rings (SSSR count). The van der Waals surface area contributed by atoms with Crippen molar-refractivity contribution in [3.05, 3.63) is 0 Å². The summed E-state index contributed by atoms with van der Waals surface area (Å²) in [5, 5.41) is 13.0. The summed E-state index contributed by atoms with van der Waals surface area (Å²) in [6, 6.07) is 0.0595. The molecule has 2 fully saturated rings. The molecule has 2 N–H and O–H groups in total. The van der Waals surface area contributed by atoms with Crippen molar-refractivity contribution >= 4 is 5.91 Å². The van der Waals surface area contributed by atoms with Gasteiger partial charge < -0.3 is 15.3 Å².